The van der Waals surface area contributed by atoms with Gasteiger partial charge >= 0.3 is 12.1 Å². The van der Waals surface area contributed by atoms with Crippen molar-refractivity contribution in [3.05, 3.63) is 82.9 Å². The van der Waals surface area contributed by atoms with Gasteiger partial charge in [0.1, 0.15) is 12.4 Å². The summed E-state index contributed by atoms with van der Waals surface area (Å²) in [6, 6.07) is 6.11. The molecule has 30 heavy (non-hydrogen) atoms. The van der Waals surface area contributed by atoms with E-state index in [2.05, 4.69) is 9.72 Å². The summed E-state index contributed by atoms with van der Waals surface area (Å²) in [5.74, 6) is -2.60. The zero-order chi connectivity index (χ0) is 21.9. The minimum Gasteiger partial charge on any atom is -0.486 e. The van der Waals surface area contributed by atoms with E-state index >= 15 is 0 Å². The molecule has 0 amide bonds. The Labute approximate surface area is 167 Å². The first-order valence-electron chi connectivity index (χ1n) is 8.54. The fourth-order valence-electron chi connectivity index (χ4n) is 2.62. The van der Waals surface area contributed by atoms with Crippen molar-refractivity contribution in [2.75, 3.05) is 7.11 Å². The SMILES string of the molecule is COC(=O)c1cn(Cc2ccc(OCc3ccc(C(F)(F)F)cc3F)c(F)c2)cn1. The van der Waals surface area contributed by atoms with Gasteiger partial charge in [-0.05, 0) is 29.8 Å². The summed E-state index contributed by atoms with van der Waals surface area (Å²) in [7, 11) is 1.23. The number of aromatic nitrogens is 2. The van der Waals surface area contributed by atoms with Gasteiger partial charge in [-0.15, -0.1) is 0 Å². The topological polar surface area (TPSA) is 53.4 Å². The molecular formula is C20H15F5N2O3. The maximum absolute atomic E-state index is 14.3. The van der Waals surface area contributed by atoms with Crippen LogP contribution >= 0.6 is 0 Å². The summed E-state index contributed by atoms with van der Waals surface area (Å²) in [6.45, 7) is -0.223. The minimum absolute atomic E-state index is 0.108. The summed E-state index contributed by atoms with van der Waals surface area (Å²) in [4.78, 5) is 15.3. The van der Waals surface area contributed by atoms with Crippen molar-refractivity contribution < 1.29 is 36.2 Å². The molecule has 158 valence electrons. The summed E-state index contributed by atoms with van der Waals surface area (Å²) in [5, 5.41) is 0. The molecule has 10 heteroatoms. The van der Waals surface area contributed by atoms with Gasteiger partial charge in [0.05, 0.1) is 19.0 Å². The first kappa shape index (κ1) is 21.3. The van der Waals surface area contributed by atoms with Crippen molar-refractivity contribution in [3.8, 4) is 5.75 Å². The van der Waals surface area contributed by atoms with Gasteiger partial charge in [-0.2, -0.15) is 13.2 Å². The molecule has 0 unspecified atom stereocenters. The summed E-state index contributed by atoms with van der Waals surface area (Å²) < 4.78 is 77.2. The maximum atomic E-state index is 14.3. The number of hydrogen-bond donors (Lipinski definition) is 0. The smallest absolute Gasteiger partial charge is 0.416 e. The number of imidazole rings is 1. The van der Waals surface area contributed by atoms with Gasteiger partial charge in [-0.3, -0.25) is 0 Å². The standard InChI is InChI=1S/C20H15F5N2O3/c1-29-19(28)17-9-27(11-26-17)8-12-2-5-18(16(22)6-12)30-10-13-3-4-14(7-15(13)21)20(23,24)25/h2-7,9,11H,8,10H2,1H3. The summed E-state index contributed by atoms with van der Waals surface area (Å²) >= 11 is 0. The van der Waals surface area contributed by atoms with E-state index in [4.69, 9.17) is 4.74 Å². The Kier molecular flexibility index (Phi) is 6.04. The second-order valence-electron chi connectivity index (χ2n) is 6.28. The minimum atomic E-state index is -4.66. The van der Waals surface area contributed by atoms with Crippen LogP contribution in [0.3, 0.4) is 0 Å². The number of esters is 1. The number of carbonyl (C=O) groups is 1. The highest BCUT2D eigenvalue weighted by atomic mass is 19.4. The van der Waals surface area contributed by atoms with Crippen LogP contribution in [0.25, 0.3) is 0 Å². The Bertz CT molecular complexity index is 1060. The number of alkyl halides is 3. The molecule has 0 atom stereocenters. The monoisotopic (exact) mass is 426 g/mol. The zero-order valence-corrected chi connectivity index (χ0v) is 15.5. The van der Waals surface area contributed by atoms with E-state index in [-0.39, 0.29) is 23.6 Å². The summed E-state index contributed by atoms with van der Waals surface area (Å²) in [6.07, 6.45) is -1.82. The highest BCUT2D eigenvalue weighted by Crippen LogP contribution is 2.30. The number of nitrogens with zero attached hydrogens (tertiary/aromatic N) is 2. The molecule has 0 aliphatic rings. The predicted octanol–water partition coefficient (Wildman–Crippen LogP) is 4.59. The van der Waals surface area contributed by atoms with Gasteiger partial charge in [-0.25, -0.2) is 18.6 Å². The quantitative estimate of drug-likeness (QED) is 0.427. The molecule has 0 spiro atoms. The van der Waals surface area contributed by atoms with E-state index in [1.165, 1.54) is 31.8 Å². The van der Waals surface area contributed by atoms with Crippen LogP contribution in [0.5, 0.6) is 5.75 Å². The zero-order valence-electron chi connectivity index (χ0n) is 15.5. The molecule has 0 aliphatic carbocycles. The van der Waals surface area contributed by atoms with Crippen LogP contribution in [0, 0.1) is 11.6 Å². The van der Waals surface area contributed by atoms with Crippen molar-refractivity contribution in [1.29, 1.82) is 0 Å². The second-order valence-corrected chi connectivity index (χ2v) is 6.28. The predicted molar refractivity (Wildman–Crippen MR) is 94.8 cm³/mol. The van der Waals surface area contributed by atoms with Crippen molar-refractivity contribution in [2.24, 2.45) is 0 Å². The molecule has 0 aliphatic heterocycles. The van der Waals surface area contributed by atoms with Gasteiger partial charge in [0.2, 0.25) is 0 Å². The molecule has 0 radical (unpaired) electrons. The molecule has 0 saturated carbocycles. The third-order valence-corrected chi connectivity index (χ3v) is 4.15. The van der Waals surface area contributed by atoms with Gasteiger partial charge in [0.25, 0.3) is 0 Å². The van der Waals surface area contributed by atoms with E-state index in [0.29, 0.717) is 11.6 Å². The number of benzene rings is 2. The Morgan fingerprint density at radius 1 is 1.10 bits per heavy atom. The highest BCUT2D eigenvalue weighted by Gasteiger charge is 2.31. The molecule has 3 aromatic rings. The molecule has 0 fully saturated rings. The first-order chi connectivity index (χ1) is 14.2. The highest BCUT2D eigenvalue weighted by molar-refractivity contribution is 5.86. The molecule has 0 N–H and O–H groups in total. The first-order valence-corrected chi connectivity index (χ1v) is 8.54. The van der Waals surface area contributed by atoms with Crippen LogP contribution in [0.2, 0.25) is 0 Å². The van der Waals surface area contributed by atoms with E-state index in [9.17, 15) is 26.7 Å². The number of ether oxygens (including phenoxy) is 2. The van der Waals surface area contributed by atoms with E-state index < -0.39 is 36.0 Å². The van der Waals surface area contributed by atoms with Crippen LogP contribution in [-0.4, -0.2) is 22.6 Å². The lowest BCUT2D eigenvalue weighted by Gasteiger charge is -2.11. The van der Waals surface area contributed by atoms with Crippen LogP contribution in [0.15, 0.2) is 48.9 Å². The van der Waals surface area contributed by atoms with E-state index in [1.54, 1.807) is 10.6 Å². The number of halogens is 5. The van der Waals surface area contributed by atoms with Gasteiger partial charge in [0.15, 0.2) is 17.3 Å². The van der Waals surface area contributed by atoms with Crippen LogP contribution in [0.1, 0.15) is 27.2 Å². The van der Waals surface area contributed by atoms with Gasteiger partial charge in [0, 0.05) is 18.3 Å². The Balaban J connectivity index is 1.66. The average molecular weight is 426 g/mol. The molecule has 3 rings (SSSR count). The Hall–Kier alpha value is -3.43. The number of carbonyl (C=O) groups excluding carboxylic acids is 1. The molecule has 0 saturated heterocycles. The molecule has 1 aromatic heterocycles. The number of rotatable bonds is 6. The third kappa shape index (κ3) is 4.94. The molecule has 0 bridgehead atoms. The molecule has 2 aromatic carbocycles. The maximum Gasteiger partial charge on any atom is 0.416 e. The number of methoxy groups -OCH3 is 1. The molecular weight excluding hydrogens is 411 g/mol. The van der Waals surface area contributed by atoms with Crippen LogP contribution < -0.4 is 4.74 Å². The van der Waals surface area contributed by atoms with Crippen molar-refractivity contribution in [1.82, 2.24) is 9.55 Å². The van der Waals surface area contributed by atoms with E-state index in [1.807, 2.05) is 0 Å². The number of hydrogen-bond acceptors (Lipinski definition) is 4. The van der Waals surface area contributed by atoms with E-state index in [0.717, 1.165) is 12.1 Å². The lowest BCUT2D eigenvalue weighted by molar-refractivity contribution is -0.137. The van der Waals surface area contributed by atoms with Gasteiger partial charge < -0.3 is 14.0 Å². The van der Waals surface area contributed by atoms with Crippen LogP contribution in [-0.2, 0) is 24.1 Å². The molecule has 5 nitrogen and oxygen atoms in total. The Morgan fingerprint density at radius 3 is 2.50 bits per heavy atom. The average Bonchev–Trinajstić information content (AvgIpc) is 3.15. The third-order valence-electron chi connectivity index (χ3n) is 4.15. The largest absolute Gasteiger partial charge is 0.486 e. The lowest BCUT2D eigenvalue weighted by Crippen LogP contribution is -2.07. The fourth-order valence-corrected chi connectivity index (χ4v) is 2.62. The van der Waals surface area contributed by atoms with Crippen LogP contribution in [0.4, 0.5) is 22.0 Å². The van der Waals surface area contributed by atoms with Crippen molar-refractivity contribution in [3.63, 3.8) is 0 Å². The van der Waals surface area contributed by atoms with Crippen molar-refractivity contribution in [2.45, 2.75) is 19.3 Å². The van der Waals surface area contributed by atoms with Gasteiger partial charge in [-0.1, -0.05) is 12.1 Å². The second kappa shape index (κ2) is 8.52. The Morgan fingerprint density at radius 2 is 1.87 bits per heavy atom. The fraction of sp³-hybridized carbons (Fsp3) is 0.200. The van der Waals surface area contributed by atoms with Crippen molar-refractivity contribution >= 4 is 5.97 Å². The molecule has 1 heterocycles. The summed E-state index contributed by atoms with van der Waals surface area (Å²) in [5.41, 5.74) is -0.611. The normalized spacial score (nSPS) is 11.4. The lowest BCUT2D eigenvalue weighted by atomic mass is 10.1.